The van der Waals surface area contributed by atoms with Gasteiger partial charge in [-0.15, -0.1) is 0 Å². The summed E-state index contributed by atoms with van der Waals surface area (Å²) in [6, 6.07) is 3.83. The highest BCUT2D eigenvalue weighted by molar-refractivity contribution is 6.32. The number of aliphatic hydroxyl groups excluding tert-OH is 1. The maximum Gasteiger partial charge on any atom is 0.223 e. The van der Waals surface area contributed by atoms with Crippen molar-refractivity contribution in [3.8, 4) is 5.75 Å². The molecule has 2 rings (SSSR count). The van der Waals surface area contributed by atoms with E-state index in [4.69, 9.17) is 16.3 Å². The Balaban J connectivity index is 1.67. The lowest BCUT2D eigenvalue weighted by molar-refractivity contribution is -0.121. The molecule has 0 spiro atoms. The summed E-state index contributed by atoms with van der Waals surface area (Å²) in [6.07, 6.45) is -0.246. The Morgan fingerprint density at radius 1 is 1.52 bits per heavy atom. The summed E-state index contributed by atoms with van der Waals surface area (Å²) in [6.45, 7) is 1.85. The number of ether oxygens (including phenoxy) is 1. The lowest BCUT2D eigenvalue weighted by atomic mass is 10.1. The smallest absolute Gasteiger partial charge is 0.223 e. The molecule has 1 heterocycles. The van der Waals surface area contributed by atoms with Gasteiger partial charge in [-0.2, -0.15) is 0 Å². The average molecular weight is 317 g/mol. The molecule has 2 unspecified atom stereocenters. The second kappa shape index (κ2) is 7.59. The number of hydrogen-bond donors (Lipinski definition) is 3. The Bertz CT molecular complexity index is 501. The maximum atomic E-state index is 12.8. The van der Waals surface area contributed by atoms with E-state index in [-0.39, 0.29) is 29.9 Å². The predicted molar refractivity (Wildman–Crippen MR) is 76.9 cm³/mol. The van der Waals surface area contributed by atoms with Crippen molar-refractivity contribution in [3.63, 3.8) is 0 Å². The van der Waals surface area contributed by atoms with Crippen LogP contribution in [0.3, 0.4) is 0 Å². The standard InChI is InChI=1S/C14H18ClFN2O3/c15-11-5-10(16)1-2-13(11)21-4-3-14(20)18-7-9-6-17-8-12(9)19/h1-2,5,9,12,17,19H,3-4,6-8H2,(H,18,20). The molecule has 0 saturated carbocycles. The third kappa shape index (κ3) is 4.84. The monoisotopic (exact) mass is 316 g/mol. The lowest BCUT2D eigenvalue weighted by Crippen LogP contribution is -2.34. The molecular formula is C14H18ClFN2O3. The summed E-state index contributed by atoms with van der Waals surface area (Å²) >= 11 is 5.81. The predicted octanol–water partition coefficient (Wildman–Crippen LogP) is 0.944. The summed E-state index contributed by atoms with van der Waals surface area (Å²) in [5.74, 6) is -0.205. The average Bonchev–Trinajstić information content (AvgIpc) is 2.84. The van der Waals surface area contributed by atoms with Crippen molar-refractivity contribution in [1.29, 1.82) is 0 Å². The summed E-state index contributed by atoms with van der Waals surface area (Å²) in [4.78, 5) is 11.6. The van der Waals surface area contributed by atoms with Gasteiger partial charge in [0, 0.05) is 25.6 Å². The fourth-order valence-electron chi connectivity index (χ4n) is 2.11. The highest BCUT2D eigenvalue weighted by atomic mass is 35.5. The second-order valence-corrected chi connectivity index (χ2v) is 5.37. The molecule has 7 heteroatoms. The molecule has 116 valence electrons. The largest absolute Gasteiger partial charge is 0.491 e. The van der Waals surface area contributed by atoms with Gasteiger partial charge in [-0.1, -0.05) is 11.6 Å². The van der Waals surface area contributed by atoms with E-state index in [0.717, 1.165) is 6.07 Å². The third-order valence-electron chi connectivity index (χ3n) is 3.35. The number of benzene rings is 1. The number of β-amino-alcohol motifs (C(OH)–C–C–N with tert-alkyl or cyclic N) is 1. The minimum absolute atomic E-state index is 0.0430. The second-order valence-electron chi connectivity index (χ2n) is 4.96. The Labute approximate surface area is 127 Å². The molecule has 0 aromatic heterocycles. The summed E-state index contributed by atoms with van der Waals surface area (Å²) in [5, 5.41) is 15.6. The summed E-state index contributed by atoms with van der Waals surface area (Å²) < 4.78 is 18.2. The zero-order valence-electron chi connectivity index (χ0n) is 11.4. The van der Waals surface area contributed by atoms with E-state index < -0.39 is 11.9 Å². The molecule has 0 bridgehead atoms. The van der Waals surface area contributed by atoms with Crippen LogP contribution < -0.4 is 15.4 Å². The minimum Gasteiger partial charge on any atom is -0.491 e. The van der Waals surface area contributed by atoms with Gasteiger partial charge in [0.05, 0.1) is 24.2 Å². The van der Waals surface area contributed by atoms with Crippen molar-refractivity contribution in [2.75, 3.05) is 26.2 Å². The van der Waals surface area contributed by atoms with Gasteiger partial charge in [0.2, 0.25) is 5.91 Å². The number of carbonyl (C=O) groups excluding carboxylic acids is 1. The van der Waals surface area contributed by atoms with E-state index in [0.29, 0.717) is 25.4 Å². The van der Waals surface area contributed by atoms with E-state index in [2.05, 4.69) is 10.6 Å². The van der Waals surface area contributed by atoms with Crippen LogP contribution >= 0.6 is 11.6 Å². The summed E-state index contributed by atoms with van der Waals surface area (Å²) in [7, 11) is 0. The fraction of sp³-hybridized carbons (Fsp3) is 0.500. The van der Waals surface area contributed by atoms with Crippen molar-refractivity contribution in [3.05, 3.63) is 29.0 Å². The number of rotatable bonds is 6. The van der Waals surface area contributed by atoms with Crippen molar-refractivity contribution in [2.24, 2.45) is 5.92 Å². The lowest BCUT2D eigenvalue weighted by Gasteiger charge is -2.14. The first-order valence-electron chi connectivity index (χ1n) is 6.79. The number of nitrogens with one attached hydrogen (secondary N) is 2. The van der Waals surface area contributed by atoms with Crippen LogP contribution in [-0.2, 0) is 4.79 Å². The van der Waals surface area contributed by atoms with Crippen molar-refractivity contribution in [1.82, 2.24) is 10.6 Å². The first-order chi connectivity index (χ1) is 10.1. The molecule has 3 N–H and O–H groups in total. The van der Waals surface area contributed by atoms with Crippen molar-refractivity contribution in [2.45, 2.75) is 12.5 Å². The topological polar surface area (TPSA) is 70.6 Å². The molecule has 0 radical (unpaired) electrons. The van der Waals surface area contributed by atoms with E-state index >= 15 is 0 Å². The van der Waals surface area contributed by atoms with Crippen LogP contribution in [-0.4, -0.2) is 43.4 Å². The maximum absolute atomic E-state index is 12.8. The molecule has 21 heavy (non-hydrogen) atoms. The van der Waals surface area contributed by atoms with Crippen LogP contribution in [0, 0.1) is 11.7 Å². The van der Waals surface area contributed by atoms with Gasteiger partial charge < -0.3 is 20.5 Å². The van der Waals surface area contributed by atoms with E-state index in [1.54, 1.807) is 0 Å². The molecule has 2 atom stereocenters. The van der Waals surface area contributed by atoms with E-state index in [1.165, 1.54) is 12.1 Å². The Morgan fingerprint density at radius 3 is 3.00 bits per heavy atom. The number of aliphatic hydroxyl groups is 1. The highest BCUT2D eigenvalue weighted by Crippen LogP contribution is 2.24. The van der Waals surface area contributed by atoms with Gasteiger partial charge in [-0.25, -0.2) is 4.39 Å². The van der Waals surface area contributed by atoms with Crippen LogP contribution in [0.1, 0.15) is 6.42 Å². The molecule has 5 nitrogen and oxygen atoms in total. The molecule has 1 aromatic rings. The zero-order valence-corrected chi connectivity index (χ0v) is 12.2. The van der Waals surface area contributed by atoms with E-state index in [1.807, 2.05) is 0 Å². The number of halogens is 2. The number of hydrogen-bond acceptors (Lipinski definition) is 4. The Morgan fingerprint density at radius 2 is 2.33 bits per heavy atom. The molecule has 0 aliphatic carbocycles. The highest BCUT2D eigenvalue weighted by Gasteiger charge is 2.24. The van der Waals surface area contributed by atoms with Gasteiger partial charge in [-0.3, -0.25) is 4.79 Å². The Hall–Kier alpha value is -1.37. The number of amides is 1. The van der Waals surface area contributed by atoms with Gasteiger partial charge in [0.25, 0.3) is 0 Å². The SMILES string of the molecule is O=C(CCOc1ccc(F)cc1Cl)NCC1CNCC1O. The van der Waals surface area contributed by atoms with Gasteiger partial charge in [0.15, 0.2) is 0 Å². The summed E-state index contributed by atoms with van der Waals surface area (Å²) in [5.41, 5.74) is 0. The van der Waals surface area contributed by atoms with Crippen LogP contribution in [0.2, 0.25) is 5.02 Å². The normalized spacial score (nSPS) is 21.3. The first kappa shape index (κ1) is 16.0. The Kier molecular flexibility index (Phi) is 5.78. The van der Waals surface area contributed by atoms with Gasteiger partial charge in [-0.05, 0) is 18.2 Å². The quantitative estimate of drug-likeness (QED) is 0.730. The number of carbonyl (C=O) groups is 1. The van der Waals surface area contributed by atoms with Gasteiger partial charge in [0.1, 0.15) is 11.6 Å². The molecule has 1 aliphatic rings. The van der Waals surface area contributed by atoms with Crippen LogP contribution in [0.25, 0.3) is 0 Å². The fourth-order valence-corrected chi connectivity index (χ4v) is 2.33. The minimum atomic E-state index is -0.436. The van der Waals surface area contributed by atoms with Crippen molar-refractivity contribution < 1.29 is 19.0 Å². The molecule has 1 saturated heterocycles. The molecule has 1 fully saturated rings. The molecule has 1 amide bonds. The molecule has 1 aliphatic heterocycles. The van der Waals surface area contributed by atoms with Crippen LogP contribution in [0.4, 0.5) is 4.39 Å². The van der Waals surface area contributed by atoms with E-state index in [9.17, 15) is 14.3 Å². The van der Waals surface area contributed by atoms with Gasteiger partial charge >= 0.3 is 0 Å². The third-order valence-corrected chi connectivity index (χ3v) is 3.64. The molecular weight excluding hydrogens is 299 g/mol. The van der Waals surface area contributed by atoms with Crippen LogP contribution in [0.5, 0.6) is 5.75 Å². The first-order valence-corrected chi connectivity index (χ1v) is 7.17. The van der Waals surface area contributed by atoms with Crippen molar-refractivity contribution >= 4 is 17.5 Å². The molecule has 1 aromatic carbocycles. The van der Waals surface area contributed by atoms with Crippen LogP contribution in [0.15, 0.2) is 18.2 Å². The zero-order chi connectivity index (χ0) is 15.2.